The summed E-state index contributed by atoms with van der Waals surface area (Å²) in [6.45, 7) is 6.86. The normalized spacial score (nSPS) is 27.1. The molecule has 0 saturated carbocycles. The van der Waals surface area contributed by atoms with E-state index in [9.17, 15) is 38.4 Å². The Hall–Kier alpha value is -4.40. The lowest BCUT2D eigenvalue weighted by Crippen LogP contribution is -2.67. The molecule has 56 heavy (non-hydrogen) atoms. The van der Waals surface area contributed by atoms with Gasteiger partial charge in [-0.05, 0) is 12.8 Å². The lowest BCUT2D eigenvalue weighted by molar-refractivity contribution is -0.325. The zero-order chi connectivity index (χ0) is 41.9. The van der Waals surface area contributed by atoms with Crippen LogP contribution in [0.4, 0.5) is 0 Å². The van der Waals surface area contributed by atoms with E-state index in [1.54, 1.807) is 0 Å². The third kappa shape index (κ3) is 16.8. The van der Waals surface area contributed by atoms with Crippen molar-refractivity contribution in [1.82, 2.24) is 5.32 Å². The van der Waals surface area contributed by atoms with Gasteiger partial charge < -0.3 is 57.4 Å². The molecule has 318 valence electrons. The van der Waals surface area contributed by atoms with Crippen molar-refractivity contribution < 1.29 is 90.5 Å². The number of esters is 7. The second kappa shape index (κ2) is 24.3. The number of nitrogens with one attached hydrogen (secondary N) is 1. The van der Waals surface area contributed by atoms with E-state index in [0.29, 0.717) is 19.3 Å². The highest BCUT2D eigenvalue weighted by Gasteiger charge is 2.55. The molecule has 0 aliphatic carbocycles. The highest BCUT2D eigenvalue weighted by molar-refractivity contribution is 5.74. The maximum absolute atomic E-state index is 12.4. The van der Waals surface area contributed by atoms with Crippen LogP contribution in [0.15, 0.2) is 0 Å². The summed E-state index contributed by atoms with van der Waals surface area (Å²) in [5, 5.41) is 2.66. The number of amides is 1. The third-order valence-electron chi connectivity index (χ3n) is 8.28. The van der Waals surface area contributed by atoms with Gasteiger partial charge in [-0.15, -0.1) is 0 Å². The first-order valence-corrected chi connectivity index (χ1v) is 18.3. The van der Waals surface area contributed by atoms with Crippen molar-refractivity contribution in [1.29, 1.82) is 0 Å². The quantitative estimate of drug-likeness (QED) is 0.0968. The van der Waals surface area contributed by atoms with Crippen LogP contribution < -0.4 is 5.32 Å². The number of ether oxygens (including phenoxy) is 11. The van der Waals surface area contributed by atoms with Crippen LogP contribution in [0.25, 0.3) is 0 Å². The Labute approximate surface area is 325 Å². The van der Waals surface area contributed by atoms with Crippen LogP contribution in [-0.4, -0.2) is 136 Å². The van der Waals surface area contributed by atoms with Gasteiger partial charge in [0.25, 0.3) is 0 Å². The summed E-state index contributed by atoms with van der Waals surface area (Å²) in [4.78, 5) is 96.9. The SMILES string of the molecule is COC(=O)CCCCCCCCO[C@@H]1O[C@H](CO[C@H]2O[C@H](COC(C)=O)[C@H](OC(C)=O)[C@H](OC(C)=O)[C@H]2OC(C)=O)[C@@H](OC(C)=O)[C@H](OC(C)=O)[C@H]1NC(C)=O. The molecule has 0 radical (unpaired) electrons. The second-order valence-corrected chi connectivity index (χ2v) is 13.1. The van der Waals surface area contributed by atoms with E-state index in [-0.39, 0.29) is 12.6 Å². The number of hydrogen-bond acceptors (Lipinski definition) is 19. The second-order valence-electron chi connectivity index (χ2n) is 13.1. The van der Waals surface area contributed by atoms with Gasteiger partial charge in [-0.3, -0.25) is 38.4 Å². The van der Waals surface area contributed by atoms with Crippen LogP contribution in [0, 0.1) is 0 Å². The van der Waals surface area contributed by atoms with E-state index in [0.717, 1.165) is 67.2 Å². The first kappa shape index (κ1) is 47.8. The minimum atomic E-state index is -1.62. The first-order valence-electron chi connectivity index (χ1n) is 18.3. The topological polar surface area (TPSA) is 250 Å². The van der Waals surface area contributed by atoms with E-state index in [1.807, 2.05) is 0 Å². The predicted octanol–water partition coefficient (Wildman–Crippen LogP) is 1.10. The van der Waals surface area contributed by atoms with Crippen molar-refractivity contribution >= 4 is 47.7 Å². The molecule has 0 aromatic rings. The molecular formula is C36H55NO19. The molecule has 1 amide bonds. The van der Waals surface area contributed by atoms with Crippen molar-refractivity contribution in [3.8, 4) is 0 Å². The van der Waals surface area contributed by atoms with Gasteiger partial charge in [0.2, 0.25) is 5.91 Å². The molecule has 0 bridgehead atoms. The van der Waals surface area contributed by atoms with Crippen molar-refractivity contribution in [2.24, 2.45) is 0 Å². The lowest BCUT2D eigenvalue weighted by Gasteiger charge is -2.46. The number of unbranched alkanes of at least 4 members (excludes halogenated alkanes) is 5. The van der Waals surface area contributed by atoms with Crippen molar-refractivity contribution in [3.63, 3.8) is 0 Å². The molecule has 0 spiro atoms. The summed E-state index contributed by atoms with van der Waals surface area (Å²) in [5.41, 5.74) is 0. The molecule has 0 aromatic carbocycles. The summed E-state index contributed by atoms with van der Waals surface area (Å²) < 4.78 is 61.6. The Morgan fingerprint density at radius 3 is 1.50 bits per heavy atom. The Morgan fingerprint density at radius 1 is 0.500 bits per heavy atom. The predicted molar refractivity (Wildman–Crippen MR) is 186 cm³/mol. The van der Waals surface area contributed by atoms with Crippen molar-refractivity contribution in [3.05, 3.63) is 0 Å². The highest BCUT2D eigenvalue weighted by Crippen LogP contribution is 2.32. The molecule has 2 fully saturated rings. The average molecular weight is 806 g/mol. The monoisotopic (exact) mass is 805 g/mol. The summed E-state index contributed by atoms with van der Waals surface area (Å²) in [7, 11) is 1.34. The summed E-state index contributed by atoms with van der Waals surface area (Å²) in [5.74, 6) is -5.64. The van der Waals surface area contributed by atoms with Crippen LogP contribution in [0.2, 0.25) is 0 Å². The Balaban J connectivity index is 2.41. The van der Waals surface area contributed by atoms with Gasteiger partial charge in [-0.2, -0.15) is 0 Å². The van der Waals surface area contributed by atoms with Crippen LogP contribution >= 0.6 is 0 Å². The standard InChI is InChI=1S/C36H55NO19/c1-19(38)37-29-32(52-23(5)42)30(50-21(3)40)27(55-35(29)47-16-14-12-10-9-11-13-15-28(45)46-8)18-49-36-34(54-25(7)44)33(53-24(6)43)31(51-22(4)41)26(56-36)17-48-20(2)39/h26-27,29-36H,9-18H2,1-8H3,(H,37,38)/t26-,27-,29-,30-,31+,32-,33+,34-,35-,36+/m1/s1. The number of hydrogen-bond donors (Lipinski definition) is 1. The molecule has 2 aliphatic heterocycles. The molecular weight excluding hydrogens is 750 g/mol. The van der Waals surface area contributed by atoms with Gasteiger partial charge >= 0.3 is 41.8 Å². The molecule has 2 aliphatic rings. The molecule has 10 atom stereocenters. The largest absolute Gasteiger partial charge is 0.469 e. The smallest absolute Gasteiger partial charge is 0.305 e. The fourth-order valence-corrected chi connectivity index (χ4v) is 6.13. The number of rotatable bonds is 21. The molecule has 20 heteroatoms. The summed E-state index contributed by atoms with van der Waals surface area (Å²) in [6.07, 6.45) is -7.89. The van der Waals surface area contributed by atoms with Crippen molar-refractivity contribution in [2.75, 3.05) is 26.9 Å². The van der Waals surface area contributed by atoms with Gasteiger partial charge in [-0.25, -0.2) is 0 Å². The van der Waals surface area contributed by atoms with Gasteiger partial charge in [-0.1, -0.05) is 25.7 Å². The van der Waals surface area contributed by atoms with Crippen molar-refractivity contribution in [2.45, 2.75) is 155 Å². The van der Waals surface area contributed by atoms with Crippen LogP contribution in [0.3, 0.4) is 0 Å². The fourth-order valence-electron chi connectivity index (χ4n) is 6.13. The van der Waals surface area contributed by atoms with Gasteiger partial charge in [0, 0.05) is 61.5 Å². The van der Waals surface area contributed by atoms with E-state index >= 15 is 0 Å². The third-order valence-corrected chi connectivity index (χ3v) is 8.28. The zero-order valence-electron chi connectivity index (χ0n) is 33.1. The van der Waals surface area contributed by atoms with E-state index in [1.165, 1.54) is 14.0 Å². The summed E-state index contributed by atoms with van der Waals surface area (Å²) in [6, 6.07) is -1.17. The van der Waals surface area contributed by atoms with E-state index in [4.69, 9.17) is 47.4 Å². The minimum Gasteiger partial charge on any atom is -0.469 e. The maximum Gasteiger partial charge on any atom is 0.305 e. The molecule has 20 nitrogen and oxygen atoms in total. The van der Waals surface area contributed by atoms with Gasteiger partial charge in [0.05, 0.1) is 13.7 Å². The molecule has 2 rings (SSSR count). The molecule has 0 aromatic heterocycles. The number of methoxy groups -OCH3 is 1. The first-order chi connectivity index (χ1) is 26.4. The Kier molecular flexibility index (Phi) is 20.7. The maximum atomic E-state index is 12.4. The van der Waals surface area contributed by atoms with Crippen LogP contribution in [-0.2, 0) is 90.5 Å². The van der Waals surface area contributed by atoms with E-state index < -0.39 is 116 Å². The number of carbonyl (C=O) groups is 8. The zero-order valence-corrected chi connectivity index (χ0v) is 33.1. The molecule has 1 N–H and O–H groups in total. The van der Waals surface area contributed by atoms with Crippen LogP contribution in [0.1, 0.15) is 93.4 Å². The van der Waals surface area contributed by atoms with Gasteiger partial charge in [0.1, 0.15) is 24.9 Å². The van der Waals surface area contributed by atoms with Crippen LogP contribution in [0.5, 0.6) is 0 Å². The Bertz CT molecular complexity index is 1360. The minimum absolute atomic E-state index is 0.140. The molecule has 0 unspecified atom stereocenters. The lowest BCUT2D eigenvalue weighted by atomic mass is 9.95. The highest BCUT2D eigenvalue weighted by atomic mass is 16.8. The van der Waals surface area contributed by atoms with E-state index in [2.05, 4.69) is 10.1 Å². The Morgan fingerprint density at radius 2 is 0.964 bits per heavy atom. The molecule has 2 heterocycles. The number of carbonyl (C=O) groups excluding carboxylic acids is 8. The molecule has 2 saturated heterocycles. The summed E-state index contributed by atoms with van der Waals surface area (Å²) >= 11 is 0. The average Bonchev–Trinajstić information content (AvgIpc) is 3.09. The van der Waals surface area contributed by atoms with Gasteiger partial charge in [0.15, 0.2) is 43.1 Å². The fraction of sp³-hybridized carbons (Fsp3) is 0.778.